The zero-order valence-electron chi connectivity index (χ0n) is 10.3. The third-order valence-electron chi connectivity index (χ3n) is 2.95. The summed E-state index contributed by atoms with van der Waals surface area (Å²) in [4.78, 5) is 11.7. The largest absolute Gasteiger partial charge is 0.462 e. The monoisotopic (exact) mass is 234 g/mol. The van der Waals surface area contributed by atoms with Gasteiger partial charge in [-0.05, 0) is 32.4 Å². The van der Waals surface area contributed by atoms with E-state index in [1.54, 1.807) is 12.1 Å². The van der Waals surface area contributed by atoms with Gasteiger partial charge in [0, 0.05) is 5.92 Å². The maximum absolute atomic E-state index is 11.7. The van der Waals surface area contributed by atoms with Crippen molar-refractivity contribution in [1.82, 2.24) is 0 Å². The van der Waals surface area contributed by atoms with E-state index in [-0.39, 0.29) is 11.6 Å². The molecule has 1 aromatic carbocycles. The summed E-state index contributed by atoms with van der Waals surface area (Å²) in [5.41, 5.74) is 0.523. The summed E-state index contributed by atoms with van der Waals surface area (Å²) in [7, 11) is 0. The highest BCUT2D eigenvalue weighted by Crippen LogP contribution is 2.29. The molecule has 1 unspecified atom stereocenters. The van der Waals surface area contributed by atoms with Gasteiger partial charge in [-0.2, -0.15) is 0 Å². The van der Waals surface area contributed by atoms with E-state index in [1.807, 2.05) is 18.2 Å². The van der Waals surface area contributed by atoms with Gasteiger partial charge in [-0.25, -0.2) is 4.79 Å². The van der Waals surface area contributed by atoms with E-state index < -0.39 is 0 Å². The van der Waals surface area contributed by atoms with Crippen LogP contribution in [-0.2, 0) is 9.47 Å². The number of esters is 1. The van der Waals surface area contributed by atoms with Crippen molar-refractivity contribution in [3.63, 3.8) is 0 Å². The topological polar surface area (TPSA) is 35.5 Å². The first-order valence-corrected chi connectivity index (χ1v) is 5.93. The van der Waals surface area contributed by atoms with E-state index in [4.69, 9.17) is 9.47 Å². The molecule has 0 N–H and O–H groups in total. The van der Waals surface area contributed by atoms with Crippen LogP contribution in [0.25, 0.3) is 0 Å². The van der Waals surface area contributed by atoms with Gasteiger partial charge >= 0.3 is 5.97 Å². The van der Waals surface area contributed by atoms with Gasteiger partial charge in [-0.3, -0.25) is 0 Å². The average Bonchev–Trinajstić information content (AvgIpc) is 2.67. The summed E-state index contributed by atoms with van der Waals surface area (Å²) < 4.78 is 10.9. The molecule has 1 aliphatic rings. The third kappa shape index (κ3) is 3.30. The molecule has 0 saturated carbocycles. The highest BCUT2D eigenvalue weighted by molar-refractivity contribution is 5.89. The lowest BCUT2D eigenvalue weighted by Gasteiger charge is -2.15. The SMILES string of the molecule is CC1(C)CC(COC(=O)c2ccccc2)CO1. The van der Waals surface area contributed by atoms with Crippen molar-refractivity contribution >= 4 is 5.97 Å². The molecule has 0 aliphatic carbocycles. The first-order chi connectivity index (χ1) is 8.07. The minimum atomic E-state index is -0.254. The van der Waals surface area contributed by atoms with Gasteiger partial charge in [0.1, 0.15) is 0 Å². The summed E-state index contributed by atoms with van der Waals surface area (Å²) in [5.74, 6) is 0.0629. The number of carbonyl (C=O) groups excluding carboxylic acids is 1. The molecular formula is C14H18O3. The number of ether oxygens (including phenoxy) is 2. The van der Waals surface area contributed by atoms with Gasteiger partial charge in [0.05, 0.1) is 24.4 Å². The number of hydrogen-bond acceptors (Lipinski definition) is 3. The van der Waals surface area contributed by atoms with Crippen molar-refractivity contribution < 1.29 is 14.3 Å². The van der Waals surface area contributed by atoms with Gasteiger partial charge < -0.3 is 9.47 Å². The Hall–Kier alpha value is -1.35. The van der Waals surface area contributed by atoms with Crippen LogP contribution in [0.1, 0.15) is 30.6 Å². The predicted molar refractivity (Wildman–Crippen MR) is 64.9 cm³/mol. The highest BCUT2D eigenvalue weighted by Gasteiger charge is 2.32. The van der Waals surface area contributed by atoms with E-state index in [2.05, 4.69) is 13.8 Å². The first kappa shape index (κ1) is 12.1. The van der Waals surface area contributed by atoms with Crippen LogP contribution in [-0.4, -0.2) is 24.8 Å². The van der Waals surface area contributed by atoms with Crippen molar-refractivity contribution in [1.29, 1.82) is 0 Å². The Morgan fingerprint density at radius 1 is 1.41 bits per heavy atom. The standard InChI is InChI=1S/C14H18O3/c1-14(2)8-11(10-17-14)9-16-13(15)12-6-4-3-5-7-12/h3-7,11H,8-10H2,1-2H3. The Kier molecular flexibility index (Phi) is 3.48. The van der Waals surface area contributed by atoms with E-state index in [9.17, 15) is 4.79 Å². The van der Waals surface area contributed by atoms with Crippen LogP contribution in [0.5, 0.6) is 0 Å². The van der Waals surface area contributed by atoms with Gasteiger partial charge in [-0.1, -0.05) is 18.2 Å². The van der Waals surface area contributed by atoms with E-state index in [1.165, 1.54) is 0 Å². The van der Waals surface area contributed by atoms with Crippen LogP contribution >= 0.6 is 0 Å². The lowest BCUT2D eigenvalue weighted by molar-refractivity contribution is 0.0299. The van der Waals surface area contributed by atoms with Crippen molar-refractivity contribution in [2.24, 2.45) is 5.92 Å². The quantitative estimate of drug-likeness (QED) is 0.754. The highest BCUT2D eigenvalue weighted by atomic mass is 16.5. The molecular weight excluding hydrogens is 216 g/mol. The van der Waals surface area contributed by atoms with Crippen LogP contribution in [0.3, 0.4) is 0 Å². The molecule has 0 spiro atoms. The van der Waals surface area contributed by atoms with Crippen LogP contribution in [0.15, 0.2) is 30.3 Å². The molecule has 17 heavy (non-hydrogen) atoms. The Morgan fingerprint density at radius 2 is 2.12 bits per heavy atom. The molecule has 1 heterocycles. The normalized spacial score (nSPS) is 22.4. The fourth-order valence-electron chi connectivity index (χ4n) is 2.11. The summed E-state index contributed by atoms with van der Waals surface area (Å²) in [6.07, 6.45) is 0.940. The summed E-state index contributed by atoms with van der Waals surface area (Å²) in [5, 5.41) is 0. The number of rotatable bonds is 3. The molecule has 0 radical (unpaired) electrons. The summed E-state index contributed by atoms with van der Waals surface area (Å²) in [6.45, 7) is 5.24. The summed E-state index contributed by atoms with van der Waals surface area (Å²) in [6, 6.07) is 9.07. The lowest BCUT2D eigenvalue weighted by atomic mass is 9.99. The zero-order valence-corrected chi connectivity index (χ0v) is 10.3. The molecule has 1 saturated heterocycles. The molecule has 92 valence electrons. The molecule has 0 bridgehead atoms. The molecule has 3 nitrogen and oxygen atoms in total. The fraction of sp³-hybridized carbons (Fsp3) is 0.500. The Labute approximate surface area is 102 Å². The van der Waals surface area contributed by atoms with E-state index >= 15 is 0 Å². The van der Waals surface area contributed by atoms with Crippen molar-refractivity contribution in [3.05, 3.63) is 35.9 Å². The van der Waals surface area contributed by atoms with Gasteiger partial charge in [-0.15, -0.1) is 0 Å². The maximum atomic E-state index is 11.7. The lowest BCUT2D eigenvalue weighted by Crippen LogP contribution is -2.18. The van der Waals surface area contributed by atoms with Gasteiger partial charge in [0.25, 0.3) is 0 Å². The average molecular weight is 234 g/mol. The van der Waals surface area contributed by atoms with Crippen LogP contribution in [0.2, 0.25) is 0 Å². The number of hydrogen-bond donors (Lipinski definition) is 0. The second kappa shape index (κ2) is 4.88. The van der Waals surface area contributed by atoms with Crippen LogP contribution in [0, 0.1) is 5.92 Å². The predicted octanol–water partition coefficient (Wildman–Crippen LogP) is 2.66. The molecule has 1 atom stereocenters. The Morgan fingerprint density at radius 3 is 2.71 bits per heavy atom. The van der Waals surface area contributed by atoms with Crippen molar-refractivity contribution in [3.8, 4) is 0 Å². The molecule has 2 rings (SSSR count). The van der Waals surface area contributed by atoms with Crippen molar-refractivity contribution in [2.75, 3.05) is 13.2 Å². The zero-order chi connectivity index (χ0) is 12.3. The molecule has 1 aromatic rings. The molecule has 3 heteroatoms. The van der Waals surface area contributed by atoms with Crippen molar-refractivity contribution in [2.45, 2.75) is 25.9 Å². The van der Waals surface area contributed by atoms with Gasteiger partial charge in [0.2, 0.25) is 0 Å². The maximum Gasteiger partial charge on any atom is 0.338 e. The molecule has 1 aliphatic heterocycles. The Bertz CT molecular complexity index is 384. The molecule has 1 fully saturated rings. The summed E-state index contributed by atoms with van der Waals surface area (Å²) >= 11 is 0. The third-order valence-corrected chi connectivity index (χ3v) is 2.95. The smallest absolute Gasteiger partial charge is 0.338 e. The minimum absolute atomic E-state index is 0.0795. The van der Waals surface area contributed by atoms with E-state index in [0.717, 1.165) is 6.42 Å². The molecule has 0 aromatic heterocycles. The number of carbonyl (C=O) groups is 1. The minimum Gasteiger partial charge on any atom is -0.462 e. The first-order valence-electron chi connectivity index (χ1n) is 5.93. The second-order valence-corrected chi connectivity index (χ2v) is 5.11. The second-order valence-electron chi connectivity index (χ2n) is 5.11. The number of benzene rings is 1. The Balaban J connectivity index is 1.82. The van der Waals surface area contributed by atoms with Crippen LogP contribution < -0.4 is 0 Å². The van der Waals surface area contributed by atoms with E-state index in [0.29, 0.717) is 24.7 Å². The fourth-order valence-corrected chi connectivity index (χ4v) is 2.11. The molecule has 0 amide bonds. The van der Waals surface area contributed by atoms with Gasteiger partial charge in [0.15, 0.2) is 0 Å². The van der Waals surface area contributed by atoms with Crippen LogP contribution in [0.4, 0.5) is 0 Å².